The van der Waals surface area contributed by atoms with Gasteiger partial charge in [0.15, 0.2) is 0 Å². The zero-order valence-corrected chi connectivity index (χ0v) is 32.3. The van der Waals surface area contributed by atoms with Crippen molar-refractivity contribution in [3.63, 3.8) is 0 Å². The van der Waals surface area contributed by atoms with Crippen LogP contribution < -0.4 is 20.1 Å². The van der Waals surface area contributed by atoms with E-state index in [1.165, 1.54) is 23.5 Å². The van der Waals surface area contributed by atoms with Crippen molar-refractivity contribution in [3.05, 3.63) is 54.6 Å². The predicted molar refractivity (Wildman–Crippen MR) is 201 cm³/mol. The summed E-state index contributed by atoms with van der Waals surface area (Å²) in [5.74, 6) is -1.53. The lowest BCUT2D eigenvalue weighted by atomic mass is 9.85. The quantitative estimate of drug-likeness (QED) is 0.157. The maximum atomic E-state index is 14.1. The van der Waals surface area contributed by atoms with Crippen molar-refractivity contribution in [2.45, 2.75) is 108 Å². The summed E-state index contributed by atoms with van der Waals surface area (Å²) < 4.78 is 43.8. The molecule has 290 valence electrons. The average Bonchev–Trinajstić information content (AvgIpc) is 4.05. The van der Waals surface area contributed by atoms with Gasteiger partial charge in [0.25, 0.3) is 5.91 Å². The van der Waals surface area contributed by atoms with Crippen molar-refractivity contribution in [1.82, 2.24) is 20.3 Å². The van der Waals surface area contributed by atoms with Crippen molar-refractivity contribution in [3.8, 4) is 5.75 Å². The maximum absolute atomic E-state index is 14.1. The van der Waals surface area contributed by atoms with E-state index >= 15 is 0 Å². The number of fused-ring (bicyclic) bond motifs is 1. The maximum Gasteiger partial charge on any atom is 0.407 e. The molecule has 13 nitrogen and oxygen atoms in total. The third-order valence-electron chi connectivity index (χ3n) is 10.5. The Morgan fingerprint density at radius 3 is 2.32 bits per heavy atom. The Balaban J connectivity index is 1.13. The molecule has 0 aromatic heterocycles. The molecule has 0 spiro atoms. The van der Waals surface area contributed by atoms with Crippen molar-refractivity contribution >= 4 is 44.6 Å². The number of nitrogens with one attached hydrogen (secondary N) is 3. The van der Waals surface area contributed by atoms with Gasteiger partial charge in [0.05, 0.1) is 25.1 Å². The van der Waals surface area contributed by atoms with E-state index in [0.29, 0.717) is 19.3 Å². The zero-order chi connectivity index (χ0) is 38.6. The van der Waals surface area contributed by atoms with Gasteiger partial charge >= 0.3 is 6.09 Å². The number of nitrogens with zero attached hydrogens (tertiary/aromatic N) is 1. The number of methoxy groups -OCH3 is 2. The van der Waals surface area contributed by atoms with Gasteiger partial charge in [-0.2, -0.15) is 0 Å². The van der Waals surface area contributed by atoms with Gasteiger partial charge < -0.3 is 29.7 Å². The molecule has 4 amide bonds. The number of ether oxygens (including phenoxy) is 3. The van der Waals surface area contributed by atoms with Crippen LogP contribution in [0.1, 0.15) is 77.7 Å². The molecule has 14 heteroatoms. The molecule has 53 heavy (non-hydrogen) atoms. The van der Waals surface area contributed by atoms with Crippen LogP contribution in [0, 0.1) is 11.3 Å². The smallest absolute Gasteiger partial charge is 0.407 e. The van der Waals surface area contributed by atoms with E-state index in [2.05, 4.69) is 46.2 Å². The zero-order valence-electron chi connectivity index (χ0n) is 31.4. The summed E-state index contributed by atoms with van der Waals surface area (Å²) in [7, 11) is -0.684. The SMILES string of the molecule is C=C[C@@H]1C[C@]1(NC(=O)[C@@H]1C[C@H](OC)CN1C(=O)[C@@H](NC(=O)OCCCCCCc1cc2ccccc2cc1OC)C(C)(C)C)C(=O)NS(=O)(=O)C1CC1. The topological polar surface area (TPSA) is 169 Å². The molecule has 0 bridgehead atoms. The Bertz CT molecular complexity index is 1810. The number of aryl methyl sites for hydroxylation is 1. The van der Waals surface area contributed by atoms with Gasteiger partial charge in [0.1, 0.15) is 23.4 Å². The van der Waals surface area contributed by atoms with Gasteiger partial charge in [0.2, 0.25) is 21.8 Å². The first-order chi connectivity index (χ1) is 25.1. The number of hydrogen-bond donors (Lipinski definition) is 3. The van der Waals surface area contributed by atoms with Crippen LogP contribution in [-0.4, -0.2) is 93.5 Å². The molecule has 3 aliphatic rings. The highest BCUT2D eigenvalue weighted by Crippen LogP contribution is 2.45. The summed E-state index contributed by atoms with van der Waals surface area (Å²) in [6, 6.07) is 10.4. The van der Waals surface area contributed by atoms with Gasteiger partial charge in [-0.05, 0) is 72.4 Å². The summed E-state index contributed by atoms with van der Waals surface area (Å²) in [6.07, 6.45) is 5.86. The second-order valence-corrected chi connectivity index (χ2v) is 17.5. The van der Waals surface area contributed by atoms with Crippen LogP contribution in [0.3, 0.4) is 0 Å². The largest absolute Gasteiger partial charge is 0.496 e. The molecule has 0 radical (unpaired) electrons. The number of hydrogen-bond acceptors (Lipinski definition) is 9. The van der Waals surface area contributed by atoms with Crippen LogP contribution in [0.5, 0.6) is 5.75 Å². The number of alkyl carbamates (subject to hydrolysis) is 1. The summed E-state index contributed by atoms with van der Waals surface area (Å²) in [4.78, 5) is 55.6. The Morgan fingerprint density at radius 1 is 1.04 bits per heavy atom. The lowest BCUT2D eigenvalue weighted by molar-refractivity contribution is -0.143. The van der Waals surface area contributed by atoms with Gasteiger partial charge in [-0.25, -0.2) is 13.2 Å². The molecule has 2 aromatic rings. The Kier molecular flexibility index (Phi) is 12.4. The molecule has 2 aromatic carbocycles. The van der Waals surface area contributed by atoms with Gasteiger partial charge in [0, 0.05) is 26.0 Å². The first kappa shape index (κ1) is 40.0. The van der Waals surface area contributed by atoms with E-state index < -0.39 is 74.1 Å². The molecule has 5 atom stereocenters. The third-order valence-corrected chi connectivity index (χ3v) is 12.3. The fourth-order valence-electron chi connectivity index (χ4n) is 7.04. The van der Waals surface area contributed by atoms with Crippen molar-refractivity contribution in [2.75, 3.05) is 27.4 Å². The second kappa shape index (κ2) is 16.5. The highest BCUT2D eigenvalue weighted by molar-refractivity contribution is 7.91. The minimum atomic E-state index is -3.85. The van der Waals surface area contributed by atoms with Crippen molar-refractivity contribution in [1.29, 1.82) is 0 Å². The summed E-state index contributed by atoms with van der Waals surface area (Å²) in [5, 5.41) is 7.18. The van der Waals surface area contributed by atoms with E-state index in [1.54, 1.807) is 27.9 Å². The van der Waals surface area contributed by atoms with E-state index in [1.807, 2.05) is 12.1 Å². The highest BCUT2D eigenvalue weighted by Gasteiger charge is 2.62. The lowest BCUT2D eigenvalue weighted by Crippen LogP contribution is -2.60. The van der Waals surface area contributed by atoms with Crippen molar-refractivity contribution in [2.24, 2.45) is 11.3 Å². The van der Waals surface area contributed by atoms with E-state index in [9.17, 15) is 27.6 Å². The number of carbonyl (C=O) groups excluding carboxylic acids is 4. The number of unbranched alkanes of at least 4 members (excludes halogenated alkanes) is 3. The monoisotopic (exact) mass is 754 g/mol. The van der Waals surface area contributed by atoms with Crippen LogP contribution in [0.2, 0.25) is 0 Å². The predicted octanol–water partition coefficient (Wildman–Crippen LogP) is 4.38. The first-order valence-electron chi connectivity index (χ1n) is 18.5. The number of sulfonamides is 1. The number of rotatable bonds is 17. The Labute approximate surface area is 312 Å². The van der Waals surface area contributed by atoms with Crippen LogP contribution in [0.15, 0.2) is 49.1 Å². The molecule has 2 saturated carbocycles. The summed E-state index contributed by atoms with van der Waals surface area (Å²) in [6.45, 7) is 9.42. The van der Waals surface area contributed by atoms with Crippen LogP contribution in [0.4, 0.5) is 4.79 Å². The van der Waals surface area contributed by atoms with Gasteiger partial charge in [-0.1, -0.05) is 64.0 Å². The molecule has 5 rings (SSSR count). The molecule has 0 unspecified atom stereocenters. The van der Waals surface area contributed by atoms with Crippen LogP contribution in [0.25, 0.3) is 10.8 Å². The molecule has 3 fully saturated rings. The number of amides is 4. The van der Waals surface area contributed by atoms with E-state index in [4.69, 9.17) is 14.2 Å². The number of carbonyl (C=O) groups is 4. The minimum Gasteiger partial charge on any atom is -0.496 e. The molecule has 1 saturated heterocycles. The first-order valence-corrected chi connectivity index (χ1v) is 20.0. The molecular weight excluding hydrogens is 701 g/mol. The van der Waals surface area contributed by atoms with E-state index in [0.717, 1.165) is 42.4 Å². The third kappa shape index (κ3) is 9.50. The number of likely N-dealkylation sites (tertiary alicyclic amines) is 1. The fourth-order valence-corrected chi connectivity index (χ4v) is 8.41. The highest BCUT2D eigenvalue weighted by atomic mass is 32.2. The van der Waals surface area contributed by atoms with Crippen LogP contribution >= 0.6 is 0 Å². The molecule has 1 heterocycles. The lowest BCUT2D eigenvalue weighted by Gasteiger charge is -2.35. The number of benzene rings is 2. The second-order valence-electron chi connectivity index (χ2n) is 15.5. The Hall–Kier alpha value is -4.17. The van der Waals surface area contributed by atoms with E-state index in [-0.39, 0.29) is 26.0 Å². The van der Waals surface area contributed by atoms with Gasteiger partial charge in [-0.3, -0.25) is 19.1 Å². The summed E-state index contributed by atoms with van der Waals surface area (Å²) >= 11 is 0. The minimum absolute atomic E-state index is 0.0853. The molecule has 2 aliphatic carbocycles. The standard InChI is InChI=1S/C39H54N4O9S/c1-7-28-23-39(28,36(46)42-53(48,49)30-17-18-30)41-34(44)31-22-29(50-5)24-43(31)35(45)33(38(2,3)4)40-37(47)52-19-13-9-8-10-16-27-20-25-14-11-12-15-26(25)21-32(27)51-6/h7,11-12,14-15,20-21,28-31,33H,1,8-10,13,16-19,22-24H2,2-6H3,(H,40,47)(H,41,44)(H,42,46)/t28-,29+,31+,33-,39-/m1/s1. The Morgan fingerprint density at radius 2 is 1.72 bits per heavy atom. The fraction of sp³-hybridized carbons (Fsp3) is 0.590. The van der Waals surface area contributed by atoms with Crippen LogP contribution in [-0.2, 0) is 40.3 Å². The molecule has 3 N–H and O–H groups in total. The van der Waals surface area contributed by atoms with Gasteiger partial charge in [-0.15, -0.1) is 6.58 Å². The molecule has 1 aliphatic heterocycles. The average molecular weight is 755 g/mol. The molecular formula is C39H54N4O9S. The normalized spacial score (nSPS) is 23.2. The summed E-state index contributed by atoms with van der Waals surface area (Å²) in [5.41, 5.74) is -1.09. The van der Waals surface area contributed by atoms with Crippen molar-refractivity contribution < 1.29 is 41.8 Å².